The Morgan fingerprint density at radius 2 is 2.11 bits per heavy atom. The maximum Gasteiger partial charge on any atom is 0.328 e. The second-order valence-electron chi connectivity index (χ2n) is 4.92. The van der Waals surface area contributed by atoms with E-state index in [1.54, 1.807) is 6.08 Å². The van der Waals surface area contributed by atoms with Gasteiger partial charge in [-0.3, -0.25) is 0 Å². The molecule has 1 saturated heterocycles. The van der Waals surface area contributed by atoms with Crippen molar-refractivity contribution < 1.29 is 9.90 Å². The number of nitrogens with zero attached hydrogens (tertiary/aromatic N) is 1. The van der Waals surface area contributed by atoms with E-state index >= 15 is 0 Å². The summed E-state index contributed by atoms with van der Waals surface area (Å²) in [5.74, 6) is -0.293. The van der Waals surface area contributed by atoms with Crippen LogP contribution in [0.2, 0.25) is 0 Å². The van der Waals surface area contributed by atoms with Crippen LogP contribution in [-0.2, 0) is 4.79 Å². The maximum atomic E-state index is 10.5. The van der Waals surface area contributed by atoms with Gasteiger partial charge in [0.25, 0.3) is 0 Å². The topological polar surface area (TPSA) is 40.5 Å². The number of hydrogen-bond donors (Lipinski definition) is 1. The highest BCUT2D eigenvalue weighted by molar-refractivity contribution is 5.85. The third kappa shape index (κ3) is 3.44. The molecule has 0 amide bonds. The molecule has 0 aromatic heterocycles. The van der Waals surface area contributed by atoms with Crippen LogP contribution in [0.3, 0.4) is 0 Å². The van der Waals surface area contributed by atoms with Crippen LogP contribution < -0.4 is 0 Å². The lowest BCUT2D eigenvalue weighted by Crippen LogP contribution is -2.29. The lowest BCUT2D eigenvalue weighted by atomic mass is 9.89. The number of carboxylic acids is 1. The van der Waals surface area contributed by atoms with E-state index in [1.165, 1.54) is 24.5 Å². The highest BCUT2D eigenvalue weighted by Gasteiger charge is 2.18. The van der Waals surface area contributed by atoms with Crippen molar-refractivity contribution in [3.05, 3.63) is 41.5 Å². The van der Waals surface area contributed by atoms with Crippen molar-refractivity contribution in [2.45, 2.75) is 18.8 Å². The third-order valence-electron chi connectivity index (χ3n) is 3.52. The fourth-order valence-electron chi connectivity index (χ4n) is 2.43. The van der Waals surface area contributed by atoms with Crippen molar-refractivity contribution in [3.8, 4) is 0 Å². The normalized spacial score (nSPS) is 18.3. The highest BCUT2D eigenvalue weighted by Crippen LogP contribution is 2.28. The fraction of sp³-hybridized carbons (Fsp3) is 0.400. The van der Waals surface area contributed by atoms with Crippen molar-refractivity contribution in [2.75, 3.05) is 20.1 Å². The number of rotatable bonds is 3. The lowest BCUT2D eigenvalue weighted by Gasteiger charge is -2.29. The second kappa shape index (κ2) is 5.83. The number of aliphatic carboxylic acids is 1. The van der Waals surface area contributed by atoms with E-state index < -0.39 is 5.97 Å². The summed E-state index contributed by atoms with van der Waals surface area (Å²) < 4.78 is 0. The number of likely N-dealkylation sites (tertiary alicyclic amines) is 1. The summed E-state index contributed by atoms with van der Waals surface area (Å²) in [4.78, 5) is 12.9. The molecular weight excluding hydrogens is 226 g/mol. The summed E-state index contributed by atoms with van der Waals surface area (Å²) in [6, 6.07) is 8.20. The van der Waals surface area contributed by atoms with E-state index in [-0.39, 0.29) is 0 Å². The molecular formula is C15H19NO2. The molecule has 1 aromatic rings. The van der Waals surface area contributed by atoms with E-state index in [9.17, 15) is 4.79 Å². The number of hydrogen-bond acceptors (Lipinski definition) is 2. The van der Waals surface area contributed by atoms with Crippen molar-refractivity contribution in [1.29, 1.82) is 0 Å². The zero-order valence-corrected chi connectivity index (χ0v) is 10.7. The molecule has 3 heteroatoms. The van der Waals surface area contributed by atoms with Crippen molar-refractivity contribution in [3.63, 3.8) is 0 Å². The van der Waals surface area contributed by atoms with Gasteiger partial charge in [-0.1, -0.05) is 24.3 Å². The summed E-state index contributed by atoms with van der Waals surface area (Å²) in [6.07, 6.45) is 5.21. The monoisotopic (exact) mass is 245 g/mol. The van der Waals surface area contributed by atoms with Crippen LogP contribution >= 0.6 is 0 Å². The molecule has 1 heterocycles. The summed E-state index contributed by atoms with van der Waals surface area (Å²) in [7, 11) is 2.16. The molecule has 96 valence electrons. The zero-order valence-electron chi connectivity index (χ0n) is 10.7. The fourth-order valence-corrected chi connectivity index (χ4v) is 2.43. The Hall–Kier alpha value is -1.61. The van der Waals surface area contributed by atoms with E-state index in [0.717, 1.165) is 18.7 Å². The van der Waals surface area contributed by atoms with Gasteiger partial charge in [0.1, 0.15) is 0 Å². The molecule has 0 bridgehead atoms. The molecule has 0 atom stereocenters. The predicted molar refractivity (Wildman–Crippen MR) is 72.6 cm³/mol. The van der Waals surface area contributed by atoms with Crippen LogP contribution in [0.25, 0.3) is 6.08 Å². The Morgan fingerprint density at radius 1 is 1.39 bits per heavy atom. The van der Waals surface area contributed by atoms with Crippen LogP contribution in [0.15, 0.2) is 30.3 Å². The molecule has 2 rings (SSSR count). The predicted octanol–water partition coefficient (Wildman–Crippen LogP) is 2.59. The van der Waals surface area contributed by atoms with Gasteiger partial charge in [0, 0.05) is 6.08 Å². The molecule has 0 radical (unpaired) electrons. The Kier molecular flexibility index (Phi) is 4.15. The van der Waals surface area contributed by atoms with E-state index in [0.29, 0.717) is 5.92 Å². The van der Waals surface area contributed by atoms with Crippen LogP contribution in [0, 0.1) is 0 Å². The first-order chi connectivity index (χ1) is 8.65. The first kappa shape index (κ1) is 12.8. The molecule has 0 unspecified atom stereocenters. The van der Waals surface area contributed by atoms with Crippen molar-refractivity contribution in [2.24, 2.45) is 0 Å². The van der Waals surface area contributed by atoms with Crippen molar-refractivity contribution in [1.82, 2.24) is 4.90 Å². The second-order valence-corrected chi connectivity index (χ2v) is 4.92. The zero-order chi connectivity index (χ0) is 13.0. The number of benzene rings is 1. The minimum atomic E-state index is -0.903. The van der Waals surface area contributed by atoms with Gasteiger partial charge in [0.15, 0.2) is 0 Å². The molecule has 0 saturated carbocycles. The standard InChI is InChI=1S/C15H19NO2/c1-16-9-7-13(8-10-16)14-4-2-3-12(11-14)5-6-15(17)18/h2-6,11,13H,7-10H2,1H3,(H,17,18)/b6-5+. The Morgan fingerprint density at radius 3 is 2.78 bits per heavy atom. The lowest BCUT2D eigenvalue weighted by molar-refractivity contribution is -0.131. The van der Waals surface area contributed by atoms with E-state index in [4.69, 9.17) is 5.11 Å². The van der Waals surface area contributed by atoms with Crippen LogP contribution in [0.4, 0.5) is 0 Å². The summed E-state index contributed by atoms with van der Waals surface area (Å²) in [5.41, 5.74) is 2.30. The third-order valence-corrected chi connectivity index (χ3v) is 3.52. The van der Waals surface area contributed by atoms with Gasteiger partial charge in [0.05, 0.1) is 0 Å². The van der Waals surface area contributed by atoms with Gasteiger partial charge < -0.3 is 10.0 Å². The minimum Gasteiger partial charge on any atom is -0.478 e. The molecule has 1 aromatic carbocycles. The molecule has 1 fully saturated rings. The average Bonchev–Trinajstić information content (AvgIpc) is 2.37. The molecule has 1 aliphatic rings. The molecule has 1 N–H and O–H groups in total. The quantitative estimate of drug-likeness (QED) is 0.832. The SMILES string of the molecule is CN1CCC(c2cccc(/C=C/C(=O)O)c2)CC1. The largest absolute Gasteiger partial charge is 0.478 e. The summed E-state index contributed by atoms with van der Waals surface area (Å²) in [5, 5.41) is 8.63. The number of carboxylic acid groups (broad SMARTS) is 1. The summed E-state index contributed by atoms with van der Waals surface area (Å²) in [6.45, 7) is 2.28. The first-order valence-corrected chi connectivity index (χ1v) is 6.34. The van der Waals surface area contributed by atoms with Crippen LogP contribution in [0.1, 0.15) is 29.9 Å². The van der Waals surface area contributed by atoms with E-state index in [1.807, 2.05) is 12.1 Å². The van der Waals surface area contributed by atoms with Gasteiger partial charge >= 0.3 is 5.97 Å². The van der Waals surface area contributed by atoms with Crippen LogP contribution in [0.5, 0.6) is 0 Å². The number of carbonyl (C=O) groups is 1. The average molecular weight is 245 g/mol. The molecule has 3 nitrogen and oxygen atoms in total. The van der Waals surface area contributed by atoms with Gasteiger partial charge in [-0.05, 0) is 56.1 Å². The van der Waals surface area contributed by atoms with Gasteiger partial charge in [-0.15, -0.1) is 0 Å². The summed E-state index contributed by atoms with van der Waals surface area (Å²) >= 11 is 0. The van der Waals surface area contributed by atoms with Crippen LogP contribution in [-0.4, -0.2) is 36.1 Å². The molecule has 1 aliphatic heterocycles. The Balaban J connectivity index is 2.09. The molecule has 0 spiro atoms. The van der Waals surface area contributed by atoms with E-state index in [2.05, 4.69) is 24.1 Å². The smallest absolute Gasteiger partial charge is 0.328 e. The minimum absolute atomic E-state index is 0.611. The number of piperidine rings is 1. The molecule has 18 heavy (non-hydrogen) atoms. The van der Waals surface area contributed by atoms with Gasteiger partial charge in [0.2, 0.25) is 0 Å². The maximum absolute atomic E-state index is 10.5. The Bertz CT molecular complexity index is 446. The Labute approximate surface area is 108 Å². The van der Waals surface area contributed by atoms with Gasteiger partial charge in [-0.2, -0.15) is 0 Å². The first-order valence-electron chi connectivity index (χ1n) is 6.34. The molecule has 0 aliphatic carbocycles. The van der Waals surface area contributed by atoms with Gasteiger partial charge in [-0.25, -0.2) is 4.79 Å². The van der Waals surface area contributed by atoms with Crippen molar-refractivity contribution >= 4 is 12.0 Å². The highest BCUT2D eigenvalue weighted by atomic mass is 16.4.